The van der Waals surface area contributed by atoms with Crippen molar-refractivity contribution in [3.63, 3.8) is 0 Å². The number of rotatable bonds is 8. The number of ether oxygens (including phenoxy) is 1. The van der Waals surface area contributed by atoms with Gasteiger partial charge in [0.2, 0.25) is 0 Å². The molecule has 0 aliphatic heterocycles. The van der Waals surface area contributed by atoms with E-state index in [1.54, 1.807) is 7.11 Å². The predicted molar refractivity (Wildman–Crippen MR) is 83.0 cm³/mol. The SMILES string of the molecule is CCCC(CNC(C)C)Cc1cc(C)ccc1OC. The van der Waals surface area contributed by atoms with Crippen LogP contribution in [0.1, 0.15) is 44.7 Å². The molecule has 1 rings (SSSR count). The molecule has 2 nitrogen and oxygen atoms in total. The van der Waals surface area contributed by atoms with Crippen LogP contribution >= 0.6 is 0 Å². The van der Waals surface area contributed by atoms with Crippen molar-refractivity contribution in [2.45, 2.75) is 53.0 Å². The van der Waals surface area contributed by atoms with E-state index < -0.39 is 0 Å². The molecular weight excluding hydrogens is 234 g/mol. The summed E-state index contributed by atoms with van der Waals surface area (Å²) in [6, 6.07) is 7.02. The Labute approximate surface area is 118 Å². The molecule has 0 spiro atoms. The van der Waals surface area contributed by atoms with E-state index >= 15 is 0 Å². The Bertz CT molecular complexity index is 374. The molecule has 0 saturated carbocycles. The number of benzene rings is 1. The lowest BCUT2D eigenvalue weighted by molar-refractivity contribution is 0.389. The van der Waals surface area contributed by atoms with Gasteiger partial charge in [0.05, 0.1) is 7.11 Å². The van der Waals surface area contributed by atoms with E-state index in [0.29, 0.717) is 12.0 Å². The van der Waals surface area contributed by atoms with Gasteiger partial charge < -0.3 is 10.1 Å². The lowest BCUT2D eigenvalue weighted by Crippen LogP contribution is -2.30. The Morgan fingerprint density at radius 1 is 1.26 bits per heavy atom. The van der Waals surface area contributed by atoms with Crippen LogP contribution < -0.4 is 10.1 Å². The third-order valence-corrected chi connectivity index (χ3v) is 3.46. The highest BCUT2D eigenvalue weighted by molar-refractivity contribution is 5.37. The van der Waals surface area contributed by atoms with Crippen LogP contribution in [0, 0.1) is 12.8 Å². The topological polar surface area (TPSA) is 21.3 Å². The highest BCUT2D eigenvalue weighted by Gasteiger charge is 2.12. The molecule has 19 heavy (non-hydrogen) atoms. The van der Waals surface area contributed by atoms with Gasteiger partial charge in [-0.1, -0.05) is 44.9 Å². The molecule has 1 unspecified atom stereocenters. The van der Waals surface area contributed by atoms with Crippen LogP contribution in [0.15, 0.2) is 18.2 Å². The van der Waals surface area contributed by atoms with Crippen molar-refractivity contribution in [3.8, 4) is 5.75 Å². The Morgan fingerprint density at radius 2 is 2.00 bits per heavy atom. The summed E-state index contributed by atoms with van der Waals surface area (Å²) in [5.74, 6) is 1.71. The Balaban J connectivity index is 2.74. The first-order valence-corrected chi connectivity index (χ1v) is 7.43. The van der Waals surface area contributed by atoms with Crippen LogP contribution in [0.4, 0.5) is 0 Å². The molecule has 0 amide bonds. The maximum absolute atomic E-state index is 5.48. The summed E-state index contributed by atoms with van der Waals surface area (Å²) in [5, 5.41) is 3.56. The van der Waals surface area contributed by atoms with E-state index in [9.17, 15) is 0 Å². The summed E-state index contributed by atoms with van der Waals surface area (Å²) in [7, 11) is 1.76. The van der Waals surface area contributed by atoms with Crippen molar-refractivity contribution in [3.05, 3.63) is 29.3 Å². The first-order valence-electron chi connectivity index (χ1n) is 7.43. The predicted octanol–water partition coefficient (Wildman–Crippen LogP) is 3.96. The summed E-state index contributed by atoms with van der Waals surface area (Å²) < 4.78 is 5.48. The molecule has 0 fully saturated rings. The normalized spacial score (nSPS) is 12.7. The van der Waals surface area contributed by atoms with Crippen LogP contribution in [-0.4, -0.2) is 19.7 Å². The number of nitrogens with one attached hydrogen (secondary N) is 1. The molecule has 1 aromatic carbocycles. The second-order valence-electron chi connectivity index (χ2n) is 5.74. The molecule has 0 bridgehead atoms. The zero-order chi connectivity index (χ0) is 14.3. The quantitative estimate of drug-likeness (QED) is 0.766. The number of hydrogen-bond acceptors (Lipinski definition) is 2. The average molecular weight is 263 g/mol. The highest BCUT2D eigenvalue weighted by atomic mass is 16.5. The fourth-order valence-corrected chi connectivity index (χ4v) is 2.46. The molecule has 1 atom stereocenters. The molecule has 1 N–H and O–H groups in total. The summed E-state index contributed by atoms with van der Waals surface area (Å²) >= 11 is 0. The lowest BCUT2D eigenvalue weighted by atomic mass is 9.93. The van der Waals surface area contributed by atoms with Gasteiger partial charge in [-0.05, 0) is 43.9 Å². The number of methoxy groups -OCH3 is 1. The van der Waals surface area contributed by atoms with E-state index in [1.807, 2.05) is 0 Å². The molecule has 0 aliphatic rings. The molecule has 0 heterocycles. The Kier molecular flexibility index (Phi) is 6.93. The van der Waals surface area contributed by atoms with Gasteiger partial charge >= 0.3 is 0 Å². The zero-order valence-electron chi connectivity index (χ0n) is 13.1. The molecule has 0 radical (unpaired) electrons. The lowest BCUT2D eigenvalue weighted by Gasteiger charge is -2.20. The number of hydrogen-bond donors (Lipinski definition) is 1. The smallest absolute Gasteiger partial charge is 0.122 e. The van der Waals surface area contributed by atoms with E-state index in [-0.39, 0.29) is 0 Å². The third kappa shape index (κ3) is 5.65. The van der Waals surface area contributed by atoms with Crippen molar-refractivity contribution in [2.75, 3.05) is 13.7 Å². The second kappa shape index (κ2) is 8.21. The minimum absolute atomic E-state index is 0.554. The molecule has 2 heteroatoms. The van der Waals surface area contributed by atoms with E-state index in [4.69, 9.17) is 4.74 Å². The van der Waals surface area contributed by atoms with Gasteiger partial charge in [0.25, 0.3) is 0 Å². The highest BCUT2D eigenvalue weighted by Crippen LogP contribution is 2.24. The summed E-state index contributed by atoms with van der Waals surface area (Å²) in [5.41, 5.74) is 2.65. The minimum Gasteiger partial charge on any atom is -0.496 e. The molecule has 0 aromatic heterocycles. The monoisotopic (exact) mass is 263 g/mol. The van der Waals surface area contributed by atoms with Crippen LogP contribution in [0.2, 0.25) is 0 Å². The van der Waals surface area contributed by atoms with Crippen molar-refractivity contribution in [1.82, 2.24) is 5.32 Å². The van der Waals surface area contributed by atoms with Crippen molar-refractivity contribution >= 4 is 0 Å². The largest absolute Gasteiger partial charge is 0.496 e. The molecular formula is C17H29NO. The second-order valence-corrected chi connectivity index (χ2v) is 5.74. The van der Waals surface area contributed by atoms with Gasteiger partial charge in [0.15, 0.2) is 0 Å². The van der Waals surface area contributed by atoms with E-state index in [1.165, 1.54) is 24.0 Å². The van der Waals surface area contributed by atoms with E-state index in [2.05, 4.69) is 51.2 Å². The Hall–Kier alpha value is -1.02. The van der Waals surface area contributed by atoms with Gasteiger partial charge in [-0.25, -0.2) is 0 Å². The maximum atomic E-state index is 5.48. The molecule has 0 aliphatic carbocycles. The van der Waals surface area contributed by atoms with Crippen molar-refractivity contribution < 1.29 is 4.74 Å². The van der Waals surface area contributed by atoms with Gasteiger partial charge in [-0.2, -0.15) is 0 Å². The van der Waals surface area contributed by atoms with Gasteiger partial charge in [-0.3, -0.25) is 0 Å². The van der Waals surface area contributed by atoms with Gasteiger partial charge in [-0.15, -0.1) is 0 Å². The van der Waals surface area contributed by atoms with E-state index in [0.717, 1.165) is 18.7 Å². The summed E-state index contributed by atoms with van der Waals surface area (Å²) in [4.78, 5) is 0. The first-order chi connectivity index (χ1) is 9.06. The van der Waals surface area contributed by atoms with Gasteiger partial charge in [0, 0.05) is 6.04 Å². The standard InChI is InChI=1S/C17H29NO/c1-6-7-15(12-18-13(2)3)11-16-10-14(4)8-9-17(16)19-5/h8-10,13,15,18H,6-7,11-12H2,1-5H3. The molecule has 0 saturated heterocycles. The van der Waals surface area contributed by atoms with Crippen LogP contribution in [-0.2, 0) is 6.42 Å². The first kappa shape index (κ1) is 16.0. The van der Waals surface area contributed by atoms with Crippen LogP contribution in [0.5, 0.6) is 5.75 Å². The molecule has 108 valence electrons. The molecule has 1 aromatic rings. The van der Waals surface area contributed by atoms with Crippen molar-refractivity contribution in [2.24, 2.45) is 5.92 Å². The van der Waals surface area contributed by atoms with Gasteiger partial charge in [0.1, 0.15) is 5.75 Å². The fraction of sp³-hybridized carbons (Fsp3) is 0.647. The van der Waals surface area contributed by atoms with Crippen LogP contribution in [0.3, 0.4) is 0 Å². The average Bonchev–Trinajstić information content (AvgIpc) is 2.36. The summed E-state index contributed by atoms with van der Waals surface area (Å²) in [6.45, 7) is 9.90. The Morgan fingerprint density at radius 3 is 2.58 bits per heavy atom. The van der Waals surface area contributed by atoms with Crippen LogP contribution in [0.25, 0.3) is 0 Å². The van der Waals surface area contributed by atoms with Crippen molar-refractivity contribution in [1.29, 1.82) is 0 Å². The fourth-order valence-electron chi connectivity index (χ4n) is 2.46. The zero-order valence-corrected chi connectivity index (χ0v) is 13.1. The minimum atomic E-state index is 0.554. The third-order valence-electron chi connectivity index (χ3n) is 3.46. The maximum Gasteiger partial charge on any atom is 0.122 e. The number of aryl methyl sites for hydroxylation is 1. The summed E-state index contributed by atoms with van der Waals surface area (Å²) in [6.07, 6.45) is 3.59.